The lowest BCUT2D eigenvalue weighted by Gasteiger charge is -2.18. The molecule has 3 aromatic carbocycles. The van der Waals surface area contributed by atoms with Gasteiger partial charge in [0, 0.05) is 73.1 Å². The number of hydrogen-bond acceptors (Lipinski definition) is 23. The number of para-hydroxylation sites is 3. The van der Waals surface area contributed by atoms with Crippen molar-refractivity contribution in [3.63, 3.8) is 0 Å². The van der Waals surface area contributed by atoms with Crippen LogP contribution in [-0.2, 0) is 60.6 Å². The summed E-state index contributed by atoms with van der Waals surface area (Å²) in [5, 5.41) is 48.9. The summed E-state index contributed by atoms with van der Waals surface area (Å²) in [5.74, 6) is -2.47. The number of carbonyl (C=O) groups is 6. The number of ketones is 6. The molecule has 4 saturated heterocycles. The fourth-order valence-corrected chi connectivity index (χ4v) is 9.29. The van der Waals surface area contributed by atoms with Gasteiger partial charge < -0.3 is 67.1 Å². The number of phosphoric ester groups is 1. The van der Waals surface area contributed by atoms with Gasteiger partial charge in [-0.25, -0.2) is 13.7 Å². The van der Waals surface area contributed by atoms with Crippen LogP contribution in [0.5, 0.6) is 17.2 Å². The number of rotatable bonds is 17. The van der Waals surface area contributed by atoms with Crippen LogP contribution in [0.4, 0.5) is 0 Å². The van der Waals surface area contributed by atoms with E-state index < -0.39 is 103 Å². The van der Waals surface area contributed by atoms with E-state index in [0.717, 1.165) is 20.3 Å². The van der Waals surface area contributed by atoms with E-state index in [1.165, 1.54) is 93.8 Å². The summed E-state index contributed by atoms with van der Waals surface area (Å²) in [4.78, 5) is 89.6. The summed E-state index contributed by atoms with van der Waals surface area (Å²) < 4.78 is 76.2. The van der Waals surface area contributed by atoms with E-state index in [0.29, 0.717) is 5.57 Å². The number of aliphatic hydroxyl groups is 4. The second-order valence-corrected chi connectivity index (χ2v) is 33.8. The number of fused-ring (bicyclic) bond motifs is 3. The normalized spacial score (nSPS) is 24.2. The summed E-state index contributed by atoms with van der Waals surface area (Å²) in [7, 11) is -5.63. The van der Waals surface area contributed by atoms with Crippen molar-refractivity contribution in [1.29, 1.82) is 0 Å². The Morgan fingerprint density at radius 3 is 1.18 bits per heavy atom. The van der Waals surface area contributed by atoms with Gasteiger partial charge in [0.25, 0.3) is 0 Å². The van der Waals surface area contributed by atoms with Gasteiger partial charge in [0.2, 0.25) is 0 Å². The second kappa shape index (κ2) is 34.1. The predicted octanol–water partition coefficient (Wildman–Crippen LogP) is 7.83. The predicted molar refractivity (Wildman–Crippen MR) is 319 cm³/mol. The van der Waals surface area contributed by atoms with E-state index >= 15 is 0 Å². The number of carbonyl (C=O) groups excluding carboxylic acids is 6. The maximum Gasteiger partial charge on any atom is 0.524 e. The van der Waals surface area contributed by atoms with E-state index in [2.05, 4.69) is 44.3 Å². The fourth-order valence-electron chi connectivity index (χ4n) is 8.02. The summed E-state index contributed by atoms with van der Waals surface area (Å²) in [5.41, 5.74) is 1.06. The third kappa shape index (κ3) is 24.4. The fraction of sp³-hybridized carbons (Fsp3) is 0.455. The van der Waals surface area contributed by atoms with Crippen molar-refractivity contribution in [1.82, 2.24) is 0 Å². The average Bonchev–Trinajstić information content (AvgIpc) is 1.69. The molecule has 7 N–H and O–H groups in total. The van der Waals surface area contributed by atoms with Crippen LogP contribution in [0.2, 0.25) is 26.2 Å². The molecule has 0 amide bonds. The van der Waals surface area contributed by atoms with Crippen molar-refractivity contribution >= 4 is 99.6 Å². The molecular formula is C55H70Cl3O25P3Si. The SMILES string of the molecule is C1CCOC1.COP(=O)(CO)Oc1ccccc1C(=O)CC1=CC(=O)C2OC2C1O.COP(=O)(Cl)OC.C[Si](C)(C)C.ClCCl.O=C(CC1=CC(=O)C2OC2C1O)c1ccccc1O.O=C(CC1=CC(=O)C2OC2C1O)c1ccccc1OP(=O)(O)O. The molecule has 32 heteroatoms. The molecule has 87 heavy (non-hydrogen) atoms. The van der Waals surface area contributed by atoms with Gasteiger partial charge in [0.15, 0.2) is 41.0 Å². The van der Waals surface area contributed by atoms with E-state index in [1.54, 1.807) is 24.3 Å². The van der Waals surface area contributed by atoms with Gasteiger partial charge in [-0.15, -0.1) is 23.2 Å². The number of phosphoric acid groups is 1. The number of phenolic OH excluding ortho intramolecular Hbond substituents is 1. The monoisotopic (exact) mass is 1360 g/mol. The number of ether oxygens (including phenoxy) is 4. The van der Waals surface area contributed by atoms with Crippen molar-refractivity contribution in [3.8, 4) is 17.2 Å². The standard InChI is InChI=1S/C16H17O8P.C14H13O8P.C14H12O5.C4H8O.C4H12Si.C2H6ClO3P.CH2Cl2/c1-22-25(21,8-17)24-13-5-3-2-4-10(13)11(18)6-9-7-12(19)15-16(23-15)14(9)20;15-9(5-7-6-10(16)13-14(21-13)12(7)17)8-3-1-2-4-11(8)22-23(18,19)20;15-9-4-2-1-3-8(9)10(16)5-7-6-11(17)13-14(19-13)12(7)18;1-2-4-5-3-1;1-5(2,3)4;1-5-7(3,4)6-2;2-1-3/h2-5,7,14-17,20H,6,8H2,1H3;1-4,6,12-14,17H,5H2,(H2,18,19,20);1-4,6,12-15,18H,5H2;1-4H2;1-4H3;1-2H3;1H2. The molecule has 4 fully saturated rings. The Labute approximate surface area is 517 Å². The van der Waals surface area contributed by atoms with Gasteiger partial charge >= 0.3 is 22.4 Å². The molecule has 4 heterocycles. The summed E-state index contributed by atoms with van der Waals surface area (Å²) >= 11 is 14.5. The molecule has 7 aliphatic rings. The highest BCUT2D eigenvalue weighted by Gasteiger charge is 2.55. The minimum Gasteiger partial charge on any atom is -0.507 e. The molecular weight excluding hydrogens is 1290 g/mol. The van der Waals surface area contributed by atoms with Crippen LogP contribution in [0.15, 0.2) is 108 Å². The zero-order valence-electron chi connectivity index (χ0n) is 48.2. The number of hydrogen-bond donors (Lipinski definition) is 7. The molecule has 25 nitrogen and oxygen atoms in total. The lowest BCUT2D eigenvalue weighted by atomic mass is 9.90. The van der Waals surface area contributed by atoms with Crippen LogP contribution < -0.4 is 9.05 Å². The Hall–Kier alpha value is -4.44. The zero-order chi connectivity index (χ0) is 65.2. The van der Waals surface area contributed by atoms with E-state index in [9.17, 15) is 62.9 Å². The van der Waals surface area contributed by atoms with Gasteiger partial charge in [-0.3, -0.25) is 38.6 Å². The van der Waals surface area contributed by atoms with E-state index in [-0.39, 0.29) is 92.8 Å². The third-order valence-corrected chi connectivity index (χ3v) is 15.8. The smallest absolute Gasteiger partial charge is 0.507 e. The first-order chi connectivity index (χ1) is 40.8. The summed E-state index contributed by atoms with van der Waals surface area (Å²) in [6, 6.07) is 17.8. The number of Topliss-reactive ketones (excluding diaryl/α,β-unsaturated/α-hetero) is 3. The molecule has 4 aliphatic heterocycles. The van der Waals surface area contributed by atoms with Gasteiger partial charge in [-0.05, 0) is 84.2 Å². The van der Waals surface area contributed by atoms with Crippen molar-refractivity contribution in [2.75, 3.05) is 46.2 Å². The Balaban J connectivity index is 0.000000242. The maximum absolute atomic E-state index is 12.6. The highest BCUT2D eigenvalue weighted by atomic mass is 35.7. The largest absolute Gasteiger partial charge is 0.524 e. The minimum atomic E-state index is -4.81. The lowest BCUT2D eigenvalue weighted by Crippen LogP contribution is -2.29. The molecule has 0 bridgehead atoms. The van der Waals surface area contributed by atoms with Crippen LogP contribution in [0.3, 0.4) is 0 Å². The zero-order valence-corrected chi connectivity index (χ0v) is 54.1. The third-order valence-electron chi connectivity index (χ3n) is 12.3. The first kappa shape index (κ1) is 75.0. The molecule has 10 atom stereocenters. The van der Waals surface area contributed by atoms with Gasteiger partial charge in [-0.1, -0.05) is 62.6 Å². The number of alkyl halides is 2. The molecule has 10 unspecified atom stereocenters. The quantitative estimate of drug-likeness (QED) is 0.0222. The van der Waals surface area contributed by atoms with Crippen LogP contribution in [0, 0.1) is 0 Å². The van der Waals surface area contributed by atoms with Crippen molar-refractivity contribution in [3.05, 3.63) is 124 Å². The van der Waals surface area contributed by atoms with E-state index in [1.807, 2.05) is 0 Å². The van der Waals surface area contributed by atoms with Gasteiger partial charge in [0.1, 0.15) is 72.2 Å². The Kier molecular flexibility index (Phi) is 29.4. The van der Waals surface area contributed by atoms with Gasteiger partial charge in [-0.2, -0.15) is 0 Å². The molecule has 480 valence electrons. The average molecular weight is 1360 g/mol. The molecule has 0 aromatic heterocycles. The number of halogens is 3. The van der Waals surface area contributed by atoms with Crippen molar-refractivity contribution in [2.45, 2.75) is 113 Å². The highest BCUT2D eigenvalue weighted by Crippen LogP contribution is 2.51. The van der Waals surface area contributed by atoms with Crippen LogP contribution in [0.25, 0.3) is 0 Å². The van der Waals surface area contributed by atoms with Crippen molar-refractivity contribution < 1.29 is 119 Å². The second-order valence-electron chi connectivity index (χ2n) is 20.9. The molecule has 3 aliphatic carbocycles. The first-order valence-electron chi connectivity index (χ1n) is 26.4. The Morgan fingerprint density at radius 2 is 0.897 bits per heavy atom. The molecule has 0 radical (unpaired) electrons. The number of phenols is 1. The number of benzene rings is 3. The summed E-state index contributed by atoms with van der Waals surface area (Å²) in [6.45, 7) is 8.12. The number of aromatic hydroxyl groups is 1. The highest BCUT2D eigenvalue weighted by molar-refractivity contribution is 7.81. The first-order valence-corrected chi connectivity index (χ1v) is 37.1. The number of epoxide rings is 3. The Morgan fingerprint density at radius 1 is 0.575 bits per heavy atom. The molecule has 0 spiro atoms. The van der Waals surface area contributed by atoms with E-state index in [4.69, 9.17) is 72.8 Å². The van der Waals surface area contributed by atoms with Crippen molar-refractivity contribution in [2.24, 2.45) is 0 Å². The Bertz CT molecular complexity index is 3130. The van der Waals surface area contributed by atoms with Crippen LogP contribution >= 0.6 is 56.8 Å². The topological polar surface area (TPSA) is 388 Å². The van der Waals surface area contributed by atoms with Crippen LogP contribution in [-0.4, -0.2) is 179 Å². The van der Waals surface area contributed by atoms with Gasteiger partial charge in [0.05, 0.1) is 22.0 Å². The van der Waals surface area contributed by atoms with Crippen LogP contribution in [0.1, 0.15) is 63.2 Å². The minimum absolute atomic E-state index is 0.00972. The molecule has 3 aromatic rings. The lowest BCUT2D eigenvalue weighted by molar-refractivity contribution is -0.116. The maximum atomic E-state index is 12.6. The molecule has 0 saturated carbocycles. The molecule has 10 rings (SSSR count). The summed E-state index contributed by atoms with van der Waals surface area (Å²) in [6.07, 6.45) is -1.66. The number of aliphatic hydroxyl groups excluding tert-OH is 4.